The minimum absolute atomic E-state index is 0.0612. The number of hydrogen-bond donors (Lipinski definition) is 2. The van der Waals surface area contributed by atoms with Gasteiger partial charge in [-0.1, -0.05) is 11.6 Å². The largest absolute Gasteiger partial charge is 0.351 e. The fourth-order valence-electron chi connectivity index (χ4n) is 3.06. The number of nitrogens with one attached hydrogen (secondary N) is 1. The van der Waals surface area contributed by atoms with E-state index in [1.165, 1.54) is 0 Å². The Morgan fingerprint density at radius 3 is 2.46 bits per heavy atom. The number of piperidine rings is 1. The highest BCUT2D eigenvalue weighted by Gasteiger charge is 2.23. The van der Waals surface area contributed by atoms with Crippen LogP contribution in [0.4, 0.5) is 4.79 Å². The van der Waals surface area contributed by atoms with Gasteiger partial charge < -0.3 is 20.5 Å². The van der Waals surface area contributed by atoms with Gasteiger partial charge in [0.25, 0.3) is 5.91 Å². The summed E-state index contributed by atoms with van der Waals surface area (Å²) in [7, 11) is 0. The quantitative estimate of drug-likeness (QED) is 0.905. The van der Waals surface area contributed by atoms with Crippen LogP contribution in [0.25, 0.3) is 5.69 Å². The van der Waals surface area contributed by atoms with Gasteiger partial charge in [0, 0.05) is 31.5 Å². The molecule has 0 bridgehead atoms. The molecule has 3 rings (SSSR count). The van der Waals surface area contributed by atoms with Gasteiger partial charge in [-0.3, -0.25) is 4.79 Å². The lowest BCUT2D eigenvalue weighted by Crippen LogP contribution is -2.48. The summed E-state index contributed by atoms with van der Waals surface area (Å²) in [5.41, 5.74) is 7.85. The van der Waals surface area contributed by atoms with Gasteiger partial charge in [-0.05, 0) is 44.0 Å². The van der Waals surface area contributed by atoms with E-state index >= 15 is 0 Å². The fraction of sp³-hybridized carbons (Fsp3) is 0.333. The minimum Gasteiger partial charge on any atom is -0.351 e. The summed E-state index contributed by atoms with van der Waals surface area (Å²) in [5.74, 6) is -0.0834. The molecule has 1 aliphatic heterocycles. The Kier molecular flexibility index (Phi) is 4.55. The van der Waals surface area contributed by atoms with E-state index in [0.717, 1.165) is 24.1 Å². The lowest BCUT2D eigenvalue weighted by Gasteiger charge is -2.31. The molecule has 2 aromatic rings. The second kappa shape index (κ2) is 6.78. The molecule has 6 heteroatoms. The van der Waals surface area contributed by atoms with Gasteiger partial charge in [-0.25, -0.2) is 4.79 Å². The van der Waals surface area contributed by atoms with Crippen molar-refractivity contribution in [2.24, 2.45) is 5.73 Å². The van der Waals surface area contributed by atoms with E-state index in [-0.39, 0.29) is 11.9 Å². The van der Waals surface area contributed by atoms with Crippen molar-refractivity contribution in [3.05, 3.63) is 53.9 Å². The Bertz CT molecular complexity index is 731. The maximum absolute atomic E-state index is 12.8. The average molecular weight is 326 g/mol. The molecule has 2 heterocycles. The second-order valence-electron chi connectivity index (χ2n) is 6.18. The van der Waals surface area contributed by atoms with Gasteiger partial charge in [0.2, 0.25) is 0 Å². The van der Waals surface area contributed by atoms with Gasteiger partial charge in [0.1, 0.15) is 0 Å². The summed E-state index contributed by atoms with van der Waals surface area (Å²) in [5, 5.41) is 3.09. The molecule has 1 aliphatic rings. The third-order valence-electron chi connectivity index (χ3n) is 4.42. The maximum atomic E-state index is 12.8. The topological polar surface area (TPSA) is 80.4 Å². The molecule has 0 spiro atoms. The van der Waals surface area contributed by atoms with Gasteiger partial charge in [-0.15, -0.1) is 0 Å². The molecule has 126 valence electrons. The summed E-state index contributed by atoms with van der Waals surface area (Å²) >= 11 is 0. The van der Waals surface area contributed by atoms with E-state index in [9.17, 15) is 9.59 Å². The van der Waals surface area contributed by atoms with Crippen LogP contribution >= 0.6 is 0 Å². The smallest absolute Gasteiger partial charge is 0.314 e. The summed E-state index contributed by atoms with van der Waals surface area (Å²) in [6.45, 7) is 3.14. The number of nitrogens with two attached hydrogens (primary N) is 1. The van der Waals surface area contributed by atoms with Crippen molar-refractivity contribution in [1.29, 1.82) is 0 Å². The molecule has 0 unspecified atom stereocenters. The molecule has 1 fully saturated rings. The van der Waals surface area contributed by atoms with Gasteiger partial charge >= 0.3 is 6.03 Å². The molecule has 3 amide bonds. The van der Waals surface area contributed by atoms with Crippen LogP contribution in [0.3, 0.4) is 0 Å². The third kappa shape index (κ3) is 3.42. The molecule has 1 aromatic heterocycles. The summed E-state index contributed by atoms with van der Waals surface area (Å²) in [4.78, 5) is 25.6. The average Bonchev–Trinajstić information content (AvgIpc) is 3.09. The van der Waals surface area contributed by atoms with E-state index in [4.69, 9.17) is 5.73 Å². The highest BCUT2D eigenvalue weighted by molar-refractivity contribution is 5.98. The Morgan fingerprint density at radius 1 is 1.17 bits per heavy atom. The van der Waals surface area contributed by atoms with E-state index in [2.05, 4.69) is 5.32 Å². The summed E-state index contributed by atoms with van der Waals surface area (Å²) < 4.78 is 1.93. The summed E-state index contributed by atoms with van der Waals surface area (Å²) in [6, 6.07) is 9.39. The monoisotopic (exact) mass is 326 g/mol. The van der Waals surface area contributed by atoms with Crippen molar-refractivity contribution in [1.82, 2.24) is 14.8 Å². The Labute approximate surface area is 141 Å². The van der Waals surface area contributed by atoms with Crippen LogP contribution in [0.15, 0.2) is 42.7 Å². The zero-order chi connectivity index (χ0) is 17.1. The lowest BCUT2D eigenvalue weighted by molar-refractivity contribution is 0.0919. The van der Waals surface area contributed by atoms with E-state index in [1.807, 2.05) is 54.2 Å². The van der Waals surface area contributed by atoms with Crippen LogP contribution in [-0.4, -0.2) is 40.5 Å². The van der Waals surface area contributed by atoms with Gasteiger partial charge in [0.05, 0.1) is 11.3 Å². The number of hydrogen-bond acceptors (Lipinski definition) is 2. The number of aryl methyl sites for hydroxylation is 1. The molecule has 0 saturated carbocycles. The number of likely N-dealkylation sites (tertiary alicyclic amines) is 1. The van der Waals surface area contributed by atoms with Gasteiger partial charge in [0.15, 0.2) is 0 Å². The number of carbonyl (C=O) groups is 2. The number of urea groups is 1. The number of benzene rings is 1. The molecular weight excluding hydrogens is 304 g/mol. The third-order valence-corrected chi connectivity index (χ3v) is 4.42. The summed E-state index contributed by atoms with van der Waals surface area (Å²) in [6.07, 6.45) is 5.29. The van der Waals surface area contributed by atoms with Crippen molar-refractivity contribution in [3.8, 4) is 5.69 Å². The number of carbonyl (C=O) groups excluding carboxylic acids is 2. The van der Waals surface area contributed by atoms with E-state index < -0.39 is 6.03 Å². The van der Waals surface area contributed by atoms with Crippen LogP contribution < -0.4 is 11.1 Å². The molecule has 3 N–H and O–H groups in total. The number of aromatic nitrogens is 1. The molecule has 1 saturated heterocycles. The molecule has 0 aliphatic carbocycles. The molecule has 0 atom stereocenters. The van der Waals surface area contributed by atoms with E-state index in [0.29, 0.717) is 18.7 Å². The van der Waals surface area contributed by atoms with Crippen molar-refractivity contribution < 1.29 is 9.59 Å². The molecule has 0 radical (unpaired) electrons. The Balaban J connectivity index is 1.74. The normalized spacial score (nSPS) is 15.3. The first-order valence-electron chi connectivity index (χ1n) is 8.14. The predicted molar refractivity (Wildman–Crippen MR) is 92.2 cm³/mol. The van der Waals surface area contributed by atoms with Gasteiger partial charge in [-0.2, -0.15) is 0 Å². The SMILES string of the molecule is Cc1ccc(-n2cccc2)c(C(=O)NC2CCN(C(N)=O)CC2)c1. The van der Waals surface area contributed by atoms with Crippen molar-refractivity contribution in [2.45, 2.75) is 25.8 Å². The first-order valence-corrected chi connectivity index (χ1v) is 8.14. The molecule has 1 aromatic carbocycles. The number of rotatable bonds is 3. The number of primary amides is 1. The van der Waals surface area contributed by atoms with Crippen LogP contribution in [0.1, 0.15) is 28.8 Å². The number of amides is 3. The number of nitrogens with zero attached hydrogens (tertiary/aromatic N) is 2. The minimum atomic E-state index is -0.395. The Hall–Kier alpha value is -2.76. The van der Waals surface area contributed by atoms with Crippen LogP contribution in [0, 0.1) is 6.92 Å². The van der Waals surface area contributed by atoms with Crippen molar-refractivity contribution >= 4 is 11.9 Å². The zero-order valence-corrected chi connectivity index (χ0v) is 13.7. The molecule has 6 nitrogen and oxygen atoms in total. The lowest BCUT2D eigenvalue weighted by atomic mass is 10.0. The first kappa shape index (κ1) is 16.1. The zero-order valence-electron chi connectivity index (χ0n) is 13.7. The predicted octanol–water partition coefficient (Wildman–Crippen LogP) is 2.06. The highest BCUT2D eigenvalue weighted by Crippen LogP contribution is 2.18. The van der Waals surface area contributed by atoms with Crippen LogP contribution in [0.5, 0.6) is 0 Å². The molecule has 24 heavy (non-hydrogen) atoms. The second-order valence-corrected chi connectivity index (χ2v) is 6.18. The van der Waals surface area contributed by atoms with Crippen LogP contribution in [-0.2, 0) is 0 Å². The first-order chi connectivity index (χ1) is 11.5. The van der Waals surface area contributed by atoms with Crippen molar-refractivity contribution in [2.75, 3.05) is 13.1 Å². The highest BCUT2D eigenvalue weighted by atomic mass is 16.2. The Morgan fingerprint density at radius 2 is 1.83 bits per heavy atom. The van der Waals surface area contributed by atoms with Crippen molar-refractivity contribution in [3.63, 3.8) is 0 Å². The van der Waals surface area contributed by atoms with Crippen LogP contribution in [0.2, 0.25) is 0 Å². The fourth-order valence-corrected chi connectivity index (χ4v) is 3.06. The molecular formula is C18H22N4O2. The standard InChI is InChI=1S/C18H22N4O2/c1-13-4-5-16(21-8-2-3-9-21)15(12-13)17(23)20-14-6-10-22(11-7-14)18(19)24/h2-5,8-9,12,14H,6-7,10-11H2,1H3,(H2,19,24)(H,20,23). The maximum Gasteiger partial charge on any atom is 0.314 e. The van der Waals surface area contributed by atoms with E-state index in [1.54, 1.807) is 4.90 Å².